The Balaban J connectivity index is 1.57. The number of piperidine rings is 1. The fraction of sp³-hybridized carbons (Fsp3) is 0.294. The maximum atomic E-state index is 13.4. The second kappa shape index (κ2) is 7.37. The van der Waals surface area contributed by atoms with Gasteiger partial charge in [-0.15, -0.1) is 11.3 Å². The monoisotopic (exact) mass is 331 g/mol. The van der Waals surface area contributed by atoms with E-state index in [4.69, 9.17) is 0 Å². The van der Waals surface area contributed by atoms with Gasteiger partial charge in [-0.2, -0.15) is 0 Å². The molecule has 1 aromatic heterocycles. The van der Waals surface area contributed by atoms with Crippen LogP contribution in [0.5, 0.6) is 0 Å². The number of rotatable bonds is 4. The summed E-state index contributed by atoms with van der Waals surface area (Å²) >= 11 is 1.49. The zero-order valence-corrected chi connectivity index (χ0v) is 13.4. The van der Waals surface area contributed by atoms with E-state index in [1.807, 2.05) is 11.4 Å². The molecule has 4 nitrogen and oxygen atoms in total. The lowest BCUT2D eigenvalue weighted by Gasteiger charge is -2.34. The molecule has 1 fully saturated rings. The average molecular weight is 331 g/mol. The second-order valence-corrected chi connectivity index (χ2v) is 6.24. The molecule has 1 unspecified atom stereocenters. The van der Waals surface area contributed by atoms with E-state index in [1.54, 1.807) is 17.7 Å². The molecule has 1 N–H and O–H groups in total. The van der Waals surface area contributed by atoms with Crippen molar-refractivity contribution in [3.05, 3.63) is 52.7 Å². The number of carbonyl (C=O) groups excluding carboxylic acids is 1. The number of benzene rings is 1. The third-order valence-electron chi connectivity index (χ3n) is 3.80. The first-order valence-corrected chi connectivity index (χ1v) is 8.52. The fourth-order valence-corrected chi connectivity index (χ4v) is 3.24. The summed E-state index contributed by atoms with van der Waals surface area (Å²) < 4.78 is 13.4. The predicted molar refractivity (Wildman–Crippen MR) is 90.9 cm³/mol. The number of carbonyl (C=O) groups is 1. The van der Waals surface area contributed by atoms with Crippen molar-refractivity contribution in [1.82, 2.24) is 10.3 Å². The number of nitrogens with one attached hydrogen (secondary N) is 1. The summed E-state index contributed by atoms with van der Waals surface area (Å²) in [6.07, 6.45) is 5.12. The van der Waals surface area contributed by atoms with Crippen molar-refractivity contribution < 1.29 is 9.18 Å². The Morgan fingerprint density at radius 3 is 3.17 bits per heavy atom. The molecule has 2 aromatic rings. The molecule has 23 heavy (non-hydrogen) atoms. The van der Waals surface area contributed by atoms with Gasteiger partial charge in [-0.3, -0.25) is 4.79 Å². The highest BCUT2D eigenvalue weighted by atomic mass is 32.1. The van der Waals surface area contributed by atoms with Gasteiger partial charge in [0.1, 0.15) is 5.82 Å². The zero-order valence-electron chi connectivity index (χ0n) is 12.6. The van der Waals surface area contributed by atoms with Gasteiger partial charge in [0.2, 0.25) is 5.91 Å². The third kappa shape index (κ3) is 4.39. The summed E-state index contributed by atoms with van der Waals surface area (Å²) in [5.74, 6) is -0.357. The Hall–Kier alpha value is -2.21. The fourth-order valence-electron chi connectivity index (χ4n) is 2.72. The number of nitrogens with zero attached hydrogens (tertiary/aromatic N) is 2. The number of hydrogen-bond donors (Lipinski definition) is 1. The number of anilines is 1. The van der Waals surface area contributed by atoms with Crippen molar-refractivity contribution in [3.8, 4) is 0 Å². The molecule has 1 aliphatic heterocycles. The highest BCUT2D eigenvalue weighted by molar-refractivity contribution is 7.07. The zero-order chi connectivity index (χ0) is 16.1. The van der Waals surface area contributed by atoms with Gasteiger partial charge >= 0.3 is 0 Å². The van der Waals surface area contributed by atoms with Gasteiger partial charge in [0.05, 0.1) is 11.2 Å². The van der Waals surface area contributed by atoms with Crippen molar-refractivity contribution >= 4 is 29.0 Å². The highest BCUT2D eigenvalue weighted by Gasteiger charge is 2.21. The summed E-state index contributed by atoms with van der Waals surface area (Å²) in [7, 11) is 0. The summed E-state index contributed by atoms with van der Waals surface area (Å²) in [5, 5.41) is 4.90. The number of hydrogen-bond acceptors (Lipinski definition) is 4. The number of amides is 1. The molecule has 2 heterocycles. The molecule has 0 spiro atoms. The van der Waals surface area contributed by atoms with Crippen LogP contribution < -0.4 is 10.2 Å². The summed E-state index contributed by atoms with van der Waals surface area (Å²) in [6.45, 7) is 1.57. The van der Waals surface area contributed by atoms with Crippen LogP contribution in [-0.4, -0.2) is 30.0 Å². The largest absolute Gasteiger partial charge is 0.369 e. The summed E-state index contributed by atoms with van der Waals surface area (Å²) in [4.78, 5) is 18.2. The van der Waals surface area contributed by atoms with Crippen molar-refractivity contribution in [2.45, 2.75) is 18.9 Å². The Bertz CT molecular complexity index is 687. The number of halogens is 1. The first kappa shape index (κ1) is 15.7. The topological polar surface area (TPSA) is 45.2 Å². The summed E-state index contributed by atoms with van der Waals surface area (Å²) in [6, 6.07) is 6.65. The van der Waals surface area contributed by atoms with Crippen LogP contribution in [0.25, 0.3) is 6.08 Å². The molecule has 0 radical (unpaired) electrons. The minimum Gasteiger partial charge on any atom is -0.369 e. The van der Waals surface area contributed by atoms with E-state index in [1.165, 1.54) is 29.5 Å². The van der Waals surface area contributed by atoms with Crippen molar-refractivity contribution in [2.24, 2.45) is 0 Å². The Morgan fingerprint density at radius 2 is 2.39 bits per heavy atom. The van der Waals surface area contributed by atoms with Gasteiger partial charge in [0.25, 0.3) is 0 Å². The third-order valence-corrected chi connectivity index (χ3v) is 4.40. The molecule has 0 aliphatic carbocycles. The van der Waals surface area contributed by atoms with E-state index < -0.39 is 0 Å². The Kier molecular flexibility index (Phi) is 5.02. The standard InChI is InChI=1S/C17H18FN3OS/c18-13-3-1-5-16(9-13)21-8-2-4-14(10-21)20-17(22)7-6-15-11-23-12-19-15/h1,3,5-7,9,11-12,14H,2,4,8,10H2,(H,20,22)/b7-6+. The predicted octanol–water partition coefficient (Wildman–Crippen LogP) is 3.08. The summed E-state index contributed by atoms with van der Waals surface area (Å²) in [5.41, 5.74) is 3.38. The number of thiazole rings is 1. The first-order valence-electron chi connectivity index (χ1n) is 7.58. The Morgan fingerprint density at radius 1 is 1.48 bits per heavy atom. The van der Waals surface area contributed by atoms with Crippen LogP contribution >= 0.6 is 11.3 Å². The quantitative estimate of drug-likeness (QED) is 0.876. The van der Waals surface area contributed by atoms with E-state index in [-0.39, 0.29) is 17.8 Å². The van der Waals surface area contributed by atoms with Crippen LogP contribution in [0, 0.1) is 5.82 Å². The Labute approximate surface area is 138 Å². The molecule has 0 saturated carbocycles. The van der Waals surface area contributed by atoms with Crippen LogP contribution in [0.2, 0.25) is 0 Å². The van der Waals surface area contributed by atoms with Gasteiger partial charge < -0.3 is 10.2 Å². The normalized spacial score (nSPS) is 18.3. The molecular formula is C17H18FN3OS. The van der Waals surface area contributed by atoms with Crippen molar-refractivity contribution in [2.75, 3.05) is 18.0 Å². The van der Waals surface area contributed by atoms with Crippen LogP contribution in [0.1, 0.15) is 18.5 Å². The molecule has 6 heteroatoms. The molecule has 1 atom stereocenters. The van der Waals surface area contributed by atoms with Gasteiger partial charge in [-0.1, -0.05) is 6.07 Å². The lowest BCUT2D eigenvalue weighted by Crippen LogP contribution is -2.47. The molecule has 1 saturated heterocycles. The van der Waals surface area contributed by atoms with Gasteiger partial charge in [0, 0.05) is 36.3 Å². The van der Waals surface area contributed by atoms with Crippen LogP contribution in [0.15, 0.2) is 41.2 Å². The molecular weight excluding hydrogens is 313 g/mol. The minimum absolute atomic E-state index is 0.0691. The maximum absolute atomic E-state index is 13.4. The molecule has 120 valence electrons. The van der Waals surface area contributed by atoms with E-state index in [9.17, 15) is 9.18 Å². The minimum atomic E-state index is -0.236. The molecule has 1 aromatic carbocycles. The van der Waals surface area contributed by atoms with Gasteiger partial charge in [-0.25, -0.2) is 9.37 Å². The van der Waals surface area contributed by atoms with Crippen LogP contribution in [0.3, 0.4) is 0 Å². The van der Waals surface area contributed by atoms with E-state index in [2.05, 4.69) is 15.2 Å². The first-order chi connectivity index (χ1) is 11.2. The van der Waals surface area contributed by atoms with Gasteiger partial charge in [-0.05, 0) is 37.1 Å². The SMILES string of the molecule is O=C(/C=C/c1cscn1)NC1CCCN(c2cccc(F)c2)C1. The van der Waals surface area contributed by atoms with Crippen LogP contribution in [0.4, 0.5) is 10.1 Å². The highest BCUT2D eigenvalue weighted by Crippen LogP contribution is 2.20. The van der Waals surface area contributed by atoms with Gasteiger partial charge in [0.15, 0.2) is 0 Å². The molecule has 0 bridgehead atoms. The maximum Gasteiger partial charge on any atom is 0.244 e. The van der Waals surface area contributed by atoms with Crippen LogP contribution in [-0.2, 0) is 4.79 Å². The second-order valence-electron chi connectivity index (χ2n) is 5.52. The molecule has 1 aliphatic rings. The molecule has 3 rings (SSSR count). The lowest BCUT2D eigenvalue weighted by atomic mass is 10.0. The van der Waals surface area contributed by atoms with E-state index in [0.29, 0.717) is 6.54 Å². The van der Waals surface area contributed by atoms with E-state index >= 15 is 0 Å². The smallest absolute Gasteiger partial charge is 0.244 e. The lowest BCUT2D eigenvalue weighted by molar-refractivity contribution is -0.117. The van der Waals surface area contributed by atoms with Crippen molar-refractivity contribution in [3.63, 3.8) is 0 Å². The van der Waals surface area contributed by atoms with E-state index in [0.717, 1.165) is 30.8 Å². The number of aromatic nitrogens is 1. The molecule has 1 amide bonds. The van der Waals surface area contributed by atoms with Crippen molar-refractivity contribution in [1.29, 1.82) is 0 Å². The average Bonchev–Trinajstić information content (AvgIpc) is 3.07.